The SMILES string of the molecule is OC12CC3CC(C[C@H](C3)C1)[C@H]2Cl. The Balaban J connectivity index is 1.97. The third kappa shape index (κ3) is 0.843. The molecule has 0 heterocycles. The van der Waals surface area contributed by atoms with Gasteiger partial charge in [0.1, 0.15) is 0 Å². The van der Waals surface area contributed by atoms with Crippen LogP contribution in [0.1, 0.15) is 32.1 Å². The summed E-state index contributed by atoms with van der Waals surface area (Å²) >= 11 is 6.26. The number of hydrogen-bond donors (Lipinski definition) is 1. The van der Waals surface area contributed by atoms with E-state index in [2.05, 4.69) is 0 Å². The third-order valence-electron chi connectivity index (χ3n) is 4.15. The first-order valence-electron chi connectivity index (χ1n) is 5.04. The minimum atomic E-state index is -0.476. The van der Waals surface area contributed by atoms with Crippen molar-refractivity contribution in [1.82, 2.24) is 0 Å². The van der Waals surface area contributed by atoms with Crippen molar-refractivity contribution in [2.45, 2.75) is 43.1 Å². The molecule has 12 heavy (non-hydrogen) atoms. The third-order valence-corrected chi connectivity index (χ3v) is 4.91. The average molecular weight is 187 g/mol. The van der Waals surface area contributed by atoms with Crippen LogP contribution in [0, 0.1) is 17.8 Å². The van der Waals surface area contributed by atoms with Gasteiger partial charge < -0.3 is 5.11 Å². The summed E-state index contributed by atoms with van der Waals surface area (Å²) in [6.07, 6.45) is 5.89. The van der Waals surface area contributed by atoms with Crippen molar-refractivity contribution in [1.29, 1.82) is 0 Å². The van der Waals surface area contributed by atoms with Crippen LogP contribution < -0.4 is 0 Å². The monoisotopic (exact) mass is 186 g/mol. The molecular formula is C10H15ClO. The minimum absolute atomic E-state index is 0.0605. The highest BCUT2D eigenvalue weighted by molar-refractivity contribution is 6.21. The topological polar surface area (TPSA) is 20.2 Å². The molecule has 68 valence electrons. The number of hydrogen-bond acceptors (Lipinski definition) is 1. The van der Waals surface area contributed by atoms with E-state index in [-0.39, 0.29) is 5.38 Å². The highest BCUT2D eigenvalue weighted by atomic mass is 35.5. The molecule has 5 atom stereocenters. The van der Waals surface area contributed by atoms with Crippen LogP contribution in [0.2, 0.25) is 0 Å². The Morgan fingerprint density at radius 2 is 1.67 bits per heavy atom. The molecule has 2 heteroatoms. The summed E-state index contributed by atoms with van der Waals surface area (Å²) in [7, 11) is 0. The lowest BCUT2D eigenvalue weighted by molar-refractivity contribution is -0.119. The lowest BCUT2D eigenvalue weighted by Crippen LogP contribution is -2.58. The summed E-state index contributed by atoms with van der Waals surface area (Å²) in [6.45, 7) is 0. The molecule has 0 aromatic heterocycles. The van der Waals surface area contributed by atoms with Crippen LogP contribution in [-0.4, -0.2) is 16.1 Å². The van der Waals surface area contributed by atoms with E-state index in [4.69, 9.17) is 11.6 Å². The molecule has 4 aliphatic carbocycles. The number of halogens is 1. The Hall–Kier alpha value is 0.250. The molecule has 4 fully saturated rings. The normalized spacial score (nSPS) is 62.5. The molecule has 4 bridgehead atoms. The van der Waals surface area contributed by atoms with Crippen molar-refractivity contribution in [3.63, 3.8) is 0 Å². The molecule has 4 aliphatic rings. The van der Waals surface area contributed by atoms with Crippen molar-refractivity contribution in [2.24, 2.45) is 17.8 Å². The van der Waals surface area contributed by atoms with Crippen LogP contribution in [0.3, 0.4) is 0 Å². The fourth-order valence-electron chi connectivity index (χ4n) is 3.94. The first kappa shape index (κ1) is 7.64. The maximum Gasteiger partial charge on any atom is 0.0818 e. The second-order valence-electron chi connectivity index (χ2n) is 5.11. The second kappa shape index (κ2) is 2.19. The molecule has 1 nitrogen and oxygen atoms in total. The minimum Gasteiger partial charge on any atom is -0.388 e. The van der Waals surface area contributed by atoms with E-state index in [1.165, 1.54) is 19.3 Å². The van der Waals surface area contributed by atoms with E-state index in [1.54, 1.807) is 0 Å². The maximum atomic E-state index is 10.2. The van der Waals surface area contributed by atoms with Crippen LogP contribution in [0.15, 0.2) is 0 Å². The summed E-state index contributed by atoms with van der Waals surface area (Å²) in [5.74, 6) is 2.22. The van der Waals surface area contributed by atoms with Gasteiger partial charge in [-0.1, -0.05) is 0 Å². The molecule has 0 radical (unpaired) electrons. The van der Waals surface area contributed by atoms with Gasteiger partial charge in [-0.15, -0.1) is 11.6 Å². The molecule has 0 amide bonds. The highest BCUT2D eigenvalue weighted by Gasteiger charge is 2.55. The summed E-state index contributed by atoms with van der Waals surface area (Å²) in [4.78, 5) is 0. The zero-order valence-electron chi connectivity index (χ0n) is 7.17. The Morgan fingerprint density at radius 3 is 2.17 bits per heavy atom. The van der Waals surface area contributed by atoms with Crippen molar-refractivity contribution < 1.29 is 5.11 Å². The Bertz CT molecular complexity index is 202. The molecular weight excluding hydrogens is 172 g/mol. The number of rotatable bonds is 0. The first-order chi connectivity index (χ1) is 5.67. The zero-order chi connectivity index (χ0) is 8.34. The lowest BCUT2D eigenvalue weighted by atomic mass is 9.54. The standard InChI is InChI=1S/C10H15ClO/c11-9-8-2-6-1-7(3-8)5-10(9,12)4-6/h6-9,12H,1-5H2/t6-,7?,8?,9+,10?/m0/s1. The molecule has 0 aromatic rings. The van der Waals surface area contributed by atoms with Gasteiger partial charge in [0.15, 0.2) is 0 Å². The van der Waals surface area contributed by atoms with Gasteiger partial charge in [0.05, 0.1) is 11.0 Å². The van der Waals surface area contributed by atoms with Crippen LogP contribution in [0.25, 0.3) is 0 Å². The molecule has 1 N–H and O–H groups in total. The van der Waals surface area contributed by atoms with Gasteiger partial charge in [-0.3, -0.25) is 0 Å². The smallest absolute Gasteiger partial charge is 0.0818 e. The zero-order valence-corrected chi connectivity index (χ0v) is 7.93. The van der Waals surface area contributed by atoms with Crippen LogP contribution in [0.4, 0.5) is 0 Å². The van der Waals surface area contributed by atoms with Crippen molar-refractivity contribution >= 4 is 11.6 Å². The van der Waals surface area contributed by atoms with Crippen molar-refractivity contribution in [3.8, 4) is 0 Å². The molecule has 4 rings (SSSR count). The largest absolute Gasteiger partial charge is 0.388 e. The Kier molecular flexibility index (Phi) is 1.39. The van der Waals surface area contributed by atoms with E-state index in [9.17, 15) is 5.11 Å². The van der Waals surface area contributed by atoms with E-state index < -0.39 is 5.60 Å². The van der Waals surface area contributed by atoms with E-state index in [0.717, 1.165) is 24.7 Å². The van der Waals surface area contributed by atoms with Gasteiger partial charge in [-0.2, -0.15) is 0 Å². The van der Waals surface area contributed by atoms with Gasteiger partial charge in [0.25, 0.3) is 0 Å². The van der Waals surface area contributed by atoms with Crippen LogP contribution in [0.5, 0.6) is 0 Å². The van der Waals surface area contributed by atoms with E-state index >= 15 is 0 Å². The van der Waals surface area contributed by atoms with Gasteiger partial charge in [-0.25, -0.2) is 0 Å². The predicted octanol–water partition coefficient (Wildman–Crippen LogP) is 2.16. The summed E-state index contributed by atoms with van der Waals surface area (Å²) in [5.41, 5.74) is -0.476. The fraction of sp³-hybridized carbons (Fsp3) is 1.00. The summed E-state index contributed by atoms with van der Waals surface area (Å²) < 4.78 is 0. The van der Waals surface area contributed by atoms with Gasteiger partial charge in [-0.05, 0) is 49.9 Å². The molecule has 0 saturated heterocycles. The highest BCUT2D eigenvalue weighted by Crippen LogP contribution is 2.57. The quantitative estimate of drug-likeness (QED) is 0.575. The Morgan fingerprint density at radius 1 is 1.08 bits per heavy atom. The maximum absolute atomic E-state index is 10.2. The summed E-state index contributed by atoms with van der Waals surface area (Å²) in [5, 5.41) is 10.3. The van der Waals surface area contributed by atoms with Gasteiger partial charge in [0.2, 0.25) is 0 Å². The predicted molar refractivity (Wildman–Crippen MR) is 48.1 cm³/mol. The molecule has 4 saturated carbocycles. The van der Waals surface area contributed by atoms with Crippen molar-refractivity contribution in [2.75, 3.05) is 0 Å². The van der Waals surface area contributed by atoms with E-state index in [1.807, 2.05) is 0 Å². The van der Waals surface area contributed by atoms with Crippen LogP contribution >= 0.6 is 11.6 Å². The molecule has 0 aromatic carbocycles. The molecule has 0 aliphatic heterocycles. The number of alkyl halides is 1. The molecule has 3 unspecified atom stereocenters. The Labute approximate surface area is 78.1 Å². The van der Waals surface area contributed by atoms with Crippen molar-refractivity contribution in [3.05, 3.63) is 0 Å². The fourth-order valence-corrected chi connectivity index (χ4v) is 4.32. The van der Waals surface area contributed by atoms with Crippen LogP contribution in [-0.2, 0) is 0 Å². The molecule has 0 spiro atoms. The first-order valence-corrected chi connectivity index (χ1v) is 5.47. The van der Waals surface area contributed by atoms with Gasteiger partial charge >= 0.3 is 0 Å². The lowest BCUT2D eigenvalue weighted by Gasteiger charge is -2.56. The van der Waals surface area contributed by atoms with E-state index in [0.29, 0.717) is 5.92 Å². The summed E-state index contributed by atoms with van der Waals surface area (Å²) in [6, 6.07) is 0. The number of aliphatic hydroxyl groups is 1. The van der Waals surface area contributed by atoms with Gasteiger partial charge in [0, 0.05) is 0 Å². The average Bonchev–Trinajstić information content (AvgIpc) is 1.98. The second-order valence-corrected chi connectivity index (χ2v) is 5.58.